The smallest absolute Gasteiger partial charge is 0.326 e. The molecule has 0 saturated carbocycles. The zero-order valence-corrected chi connectivity index (χ0v) is 28.4. The van der Waals surface area contributed by atoms with Gasteiger partial charge in [-0.15, -0.1) is 0 Å². The van der Waals surface area contributed by atoms with Crippen LogP contribution in [-0.2, 0) is 36.8 Å². The van der Waals surface area contributed by atoms with Crippen molar-refractivity contribution in [3.8, 4) is 0 Å². The number of nitrogens with one attached hydrogen (secondary N) is 5. The molecular weight excluding hydrogens is 636 g/mol. The number of carboxylic acids is 1. The molecule has 1 aromatic heterocycles. The molecule has 0 aliphatic rings. The molecule has 3 rings (SSSR count). The van der Waals surface area contributed by atoms with Crippen LogP contribution in [-0.4, -0.2) is 93.1 Å². The van der Waals surface area contributed by atoms with Crippen molar-refractivity contribution in [2.75, 3.05) is 12.0 Å². The van der Waals surface area contributed by atoms with E-state index in [0.29, 0.717) is 5.75 Å². The second-order valence-corrected chi connectivity index (χ2v) is 13.0. The van der Waals surface area contributed by atoms with Gasteiger partial charge in [0.2, 0.25) is 23.6 Å². The van der Waals surface area contributed by atoms with E-state index in [2.05, 4.69) is 26.3 Å². The van der Waals surface area contributed by atoms with Crippen LogP contribution in [0.2, 0.25) is 0 Å². The van der Waals surface area contributed by atoms with Crippen LogP contribution in [0.1, 0.15) is 38.3 Å². The van der Waals surface area contributed by atoms with Crippen molar-refractivity contribution in [1.82, 2.24) is 26.3 Å². The number of amides is 4. The van der Waals surface area contributed by atoms with E-state index in [1.54, 1.807) is 44.3 Å². The van der Waals surface area contributed by atoms with Crippen LogP contribution in [0.5, 0.6) is 0 Å². The molecule has 13 nitrogen and oxygen atoms in total. The lowest BCUT2D eigenvalue weighted by atomic mass is 10.00. The first-order chi connectivity index (χ1) is 22.8. The number of aliphatic hydroxyl groups excluding tert-OH is 1. The van der Waals surface area contributed by atoms with Gasteiger partial charge >= 0.3 is 5.97 Å². The fourth-order valence-electron chi connectivity index (χ4n) is 5.09. The quantitative estimate of drug-likeness (QED) is 0.0963. The Bertz CT molecular complexity index is 1550. The summed E-state index contributed by atoms with van der Waals surface area (Å²) in [7, 11) is 0. The number of aromatic amines is 1. The Morgan fingerprint density at radius 3 is 1.96 bits per heavy atom. The Balaban J connectivity index is 1.93. The van der Waals surface area contributed by atoms with E-state index in [1.807, 2.05) is 36.6 Å². The minimum absolute atomic E-state index is 0.0294. The number of carboxylic acid groups (broad SMARTS) is 1. The predicted octanol–water partition coefficient (Wildman–Crippen LogP) is 1.09. The molecule has 1 heterocycles. The highest BCUT2D eigenvalue weighted by Gasteiger charge is 2.33. The highest BCUT2D eigenvalue weighted by molar-refractivity contribution is 7.98. The molecule has 4 amide bonds. The Hall–Kier alpha value is -4.40. The number of aliphatic hydroxyl groups is 1. The van der Waals surface area contributed by atoms with Gasteiger partial charge in [0, 0.05) is 29.9 Å². The van der Waals surface area contributed by atoms with Gasteiger partial charge < -0.3 is 42.2 Å². The number of nitrogens with two attached hydrogens (primary N) is 1. The first-order valence-electron chi connectivity index (χ1n) is 15.8. The van der Waals surface area contributed by atoms with E-state index in [9.17, 15) is 34.2 Å². The van der Waals surface area contributed by atoms with Crippen LogP contribution in [0.4, 0.5) is 0 Å². The number of hydrogen-bond acceptors (Lipinski definition) is 8. The van der Waals surface area contributed by atoms with Crippen LogP contribution in [0.15, 0.2) is 60.8 Å². The van der Waals surface area contributed by atoms with Gasteiger partial charge in [0.15, 0.2) is 0 Å². The van der Waals surface area contributed by atoms with Gasteiger partial charge in [-0.2, -0.15) is 11.8 Å². The molecule has 260 valence electrons. The number of fused-ring (bicyclic) bond motifs is 1. The molecule has 0 fully saturated rings. The summed E-state index contributed by atoms with van der Waals surface area (Å²) in [5.74, 6) is -3.88. The van der Waals surface area contributed by atoms with Crippen molar-refractivity contribution in [1.29, 1.82) is 0 Å². The van der Waals surface area contributed by atoms with Crippen molar-refractivity contribution in [2.45, 2.75) is 76.3 Å². The molecule has 0 aliphatic heterocycles. The topological polar surface area (TPSA) is 216 Å². The number of rotatable bonds is 18. The minimum atomic E-state index is -1.26. The van der Waals surface area contributed by atoms with Crippen molar-refractivity contribution in [3.05, 3.63) is 71.9 Å². The number of thioether (sulfide) groups is 1. The summed E-state index contributed by atoms with van der Waals surface area (Å²) in [6.07, 6.45) is 2.73. The molecule has 0 bridgehead atoms. The molecule has 0 aliphatic carbocycles. The van der Waals surface area contributed by atoms with Gasteiger partial charge in [0.05, 0.1) is 6.10 Å². The SMILES string of the molecule is CSCC[C@H](NC(=O)[C@@H](N)[C@@H](C)O)C(=O)N[C@@H](Cc1ccccc1)C(=O)N[C@@H](Cc1c[nH]c2ccccc12)C(=O)N[C@H](C(=O)O)C(C)C. The van der Waals surface area contributed by atoms with E-state index in [0.717, 1.165) is 22.0 Å². The summed E-state index contributed by atoms with van der Waals surface area (Å²) in [5, 5.41) is 31.0. The third-order valence-electron chi connectivity index (χ3n) is 7.94. The number of hydrogen-bond donors (Lipinski definition) is 8. The maximum Gasteiger partial charge on any atom is 0.326 e. The van der Waals surface area contributed by atoms with Gasteiger partial charge in [0.25, 0.3) is 0 Å². The largest absolute Gasteiger partial charge is 0.480 e. The van der Waals surface area contributed by atoms with E-state index < -0.39 is 71.8 Å². The second kappa shape index (κ2) is 18.2. The first kappa shape index (κ1) is 38.1. The van der Waals surface area contributed by atoms with Crippen molar-refractivity contribution in [3.63, 3.8) is 0 Å². The summed E-state index contributed by atoms with van der Waals surface area (Å²) >= 11 is 1.46. The molecule has 0 saturated heterocycles. The summed E-state index contributed by atoms with van der Waals surface area (Å²) in [6.45, 7) is 4.69. The molecule has 6 atom stereocenters. The number of carbonyl (C=O) groups is 5. The lowest BCUT2D eigenvalue weighted by Gasteiger charge is -2.27. The number of aliphatic carboxylic acids is 1. The number of benzene rings is 2. The highest BCUT2D eigenvalue weighted by atomic mass is 32.2. The third-order valence-corrected chi connectivity index (χ3v) is 8.59. The standard InChI is InChI=1S/C34H46N6O7S/c1-19(2)29(34(46)47)40-32(44)27(17-22-18-36-24-13-9-8-12-23(22)24)39-31(43)26(16-21-10-6-5-7-11-21)38-30(42)25(14-15-48-4)37-33(45)28(35)20(3)41/h5-13,18-20,25-29,36,41H,14-17,35H2,1-4H3,(H,37,45)(H,38,42)(H,39,43)(H,40,44)(H,46,47)/t20-,25+,26+,27+,28+,29+/m1/s1. The third kappa shape index (κ3) is 10.8. The van der Waals surface area contributed by atoms with Gasteiger partial charge in [-0.1, -0.05) is 62.4 Å². The van der Waals surface area contributed by atoms with Gasteiger partial charge in [-0.05, 0) is 48.5 Å². The van der Waals surface area contributed by atoms with Crippen LogP contribution < -0.4 is 27.0 Å². The molecule has 48 heavy (non-hydrogen) atoms. The van der Waals surface area contributed by atoms with E-state index >= 15 is 0 Å². The molecule has 14 heteroatoms. The maximum absolute atomic E-state index is 14.0. The molecule has 0 spiro atoms. The van der Waals surface area contributed by atoms with Gasteiger partial charge in [-0.25, -0.2) is 4.79 Å². The first-order valence-corrected chi connectivity index (χ1v) is 17.2. The summed E-state index contributed by atoms with van der Waals surface area (Å²) in [5.41, 5.74) is 8.07. The Labute approximate surface area is 284 Å². The Kier molecular flexibility index (Phi) is 14.4. The monoisotopic (exact) mass is 682 g/mol. The normalized spacial score (nSPS) is 15.1. The second-order valence-electron chi connectivity index (χ2n) is 12.1. The van der Waals surface area contributed by atoms with Crippen LogP contribution in [0.3, 0.4) is 0 Å². The predicted molar refractivity (Wildman–Crippen MR) is 185 cm³/mol. The van der Waals surface area contributed by atoms with Crippen LogP contribution in [0, 0.1) is 5.92 Å². The average Bonchev–Trinajstić information content (AvgIpc) is 3.46. The maximum atomic E-state index is 14.0. The zero-order valence-electron chi connectivity index (χ0n) is 27.6. The Morgan fingerprint density at radius 2 is 1.35 bits per heavy atom. The molecule has 9 N–H and O–H groups in total. The minimum Gasteiger partial charge on any atom is -0.480 e. The number of H-pyrrole nitrogens is 1. The fraction of sp³-hybridized carbons (Fsp3) is 0.441. The number of para-hydroxylation sites is 1. The van der Waals surface area contributed by atoms with Gasteiger partial charge in [0.1, 0.15) is 30.2 Å². The summed E-state index contributed by atoms with van der Waals surface area (Å²) < 4.78 is 0. The molecular formula is C34H46N6O7S. The Morgan fingerprint density at radius 1 is 0.792 bits per heavy atom. The number of aromatic nitrogens is 1. The van der Waals surface area contributed by atoms with Crippen LogP contribution in [0.25, 0.3) is 10.9 Å². The van der Waals surface area contributed by atoms with E-state index in [-0.39, 0.29) is 19.3 Å². The zero-order chi connectivity index (χ0) is 35.4. The summed E-state index contributed by atoms with van der Waals surface area (Å²) in [4.78, 5) is 69.1. The van der Waals surface area contributed by atoms with Gasteiger partial charge in [-0.3, -0.25) is 19.2 Å². The molecule has 2 aromatic carbocycles. The van der Waals surface area contributed by atoms with Crippen LogP contribution >= 0.6 is 11.8 Å². The summed E-state index contributed by atoms with van der Waals surface area (Å²) in [6, 6.07) is 10.5. The molecule has 3 aromatic rings. The molecule has 0 radical (unpaired) electrons. The van der Waals surface area contributed by atoms with Crippen molar-refractivity contribution < 1.29 is 34.2 Å². The lowest BCUT2D eigenvalue weighted by molar-refractivity contribution is -0.143. The van der Waals surface area contributed by atoms with E-state index in [4.69, 9.17) is 5.73 Å². The average molecular weight is 683 g/mol. The number of carbonyl (C=O) groups excluding carboxylic acids is 4. The lowest BCUT2D eigenvalue weighted by Crippen LogP contribution is -2.60. The van der Waals surface area contributed by atoms with E-state index in [1.165, 1.54) is 18.7 Å². The molecule has 0 unspecified atom stereocenters. The van der Waals surface area contributed by atoms with Crippen molar-refractivity contribution in [2.24, 2.45) is 11.7 Å². The van der Waals surface area contributed by atoms with Crippen molar-refractivity contribution >= 4 is 52.3 Å². The fourth-order valence-corrected chi connectivity index (χ4v) is 5.56. The highest BCUT2D eigenvalue weighted by Crippen LogP contribution is 2.20.